The predicted molar refractivity (Wildman–Crippen MR) is 71.2 cm³/mol. The molecule has 1 fully saturated rings. The van der Waals surface area contributed by atoms with Crippen molar-refractivity contribution in [2.45, 2.75) is 51.8 Å². The molecule has 0 spiro atoms. The number of aryl methyl sites for hydroxylation is 1. The molecule has 3 atom stereocenters. The van der Waals surface area contributed by atoms with Gasteiger partial charge in [0.25, 0.3) is 0 Å². The molecule has 1 aromatic carbocycles. The number of hydrogen-bond donors (Lipinski definition) is 1. The van der Waals surface area contributed by atoms with Gasteiger partial charge >= 0.3 is 0 Å². The average Bonchev–Trinajstić information content (AvgIpc) is 2.29. The van der Waals surface area contributed by atoms with Crippen molar-refractivity contribution in [3.63, 3.8) is 0 Å². The van der Waals surface area contributed by atoms with E-state index in [1.165, 1.54) is 11.1 Å². The Kier molecular flexibility index (Phi) is 4.19. The van der Waals surface area contributed by atoms with E-state index in [2.05, 4.69) is 50.4 Å². The van der Waals surface area contributed by atoms with Crippen LogP contribution in [0.15, 0.2) is 24.3 Å². The van der Waals surface area contributed by atoms with E-state index >= 15 is 0 Å². The highest BCUT2D eigenvalue weighted by Gasteiger charge is 2.21. The van der Waals surface area contributed by atoms with Crippen LogP contribution in [0.25, 0.3) is 0 Å². The monoisotopic (exact) mass is 233 g/mol. The summed E-state index contributed by atoms with van der Waals surface area (Å²) in [6, 6.07) is 9.63. The molecule has 0 aromatic heterocycles. The number of ether oxygens (including phenoxy) is 1. The van der Waals surface area contributed by atoms with Crippen molar-refractivity contribution in [1.82, 2.24) is 5.32 Å². The second-order valence-electron chi connectivity index (χ2n) is 5.15. The molecule has 2 rings (SSSR count). The van der Waals surface area contributed by atoms with Gasteiger partial charge in [0.1, 0.15) is 0 Å². The van der Waals surface area contributed by atoms with Crippen molar-refractivity contribution in [2.24, 2.45) is 0 Å². The van der Waals surface area contributed by atoms with Crippen molar-refractivity contribution in [3.8, 4) is 0 Å². The summed E-state index contributed by atoms with van der Waals surface area (Å²) < 4.78 is 5.58. The zero-order chi connectivity index (χ0) is 12.3. The molecule has 1 N–H and O–H groups in total. The van der Waals surface area contributed by atoms with Gasteiger partial charge in [-0.2, -0.15) is 0 Å². The first-order valence-electron chi connectivity index (χ1n) is 6.60. The van der Waals surface area contributed by atoms with Crippen molar-refractivity contribution in [2.75, 3.05) is 6.61 Å². The van der Waals surface area contributed by atoms with Crippen LogP contribution in [0.2, 0.25) is 0 Å². The maximum atomic E-state index is 5.58. The molecule has 1 saturated heterocycles. The molecule has 2 heteroatoms. The van der Waals surface area contributed by atoms with Gasteiger partial charge < -0.3 is 10.1 Å². The molecule has 0 bridgehead atoms. The molecule has 0 radical (unpaired) electrons. The minimum absolute atomic E-state index is 0.394. The molecule has 0 aliphatic carbocycles. The Bertz CT molecular complexity index is 364. The summed E-state index contributed by atoms with van der Waals surface area (Å²) in [7, 11) is 0. The van der Waals surface area contributed by atoms with E-state index in [1.807, 2.05) is 0 Å². The second-order valence-corrected chi connectivity index (χ2v) is 5.15. The first kappa shape index (κ1) is 12.6. The number of benzene rings is 1. The first-order chi connectivity index (χ1) is 8.16. The Morgan fingerprint density at radius 1 is 1.35 bits per heavy atom. The van der Waals surface area contributed by atoms with Gasteiger partial charge in [-0.1, -0.05) is 24.3 Å². The fraction of sp³-hybridized carbons (Fsp3) is 0.600. The van der Waals surface area contributed by atoms with Gasteiger partial charge in [-0.25, -0.2) is 0 Å². The van der Waals surface area contributed by atoms with Crippen molar-refractivity contribution in [3.05, 3.63) is 35.4 Å². The van der Waals surface area contributed by atoms with E-state index in [4.69, 9.17) is 4.74 Å². The van der Waals surface area contributed by atoms with Crippen LogP contribution in [0.1, 0.15) is 43.9 Å². The summed E-state index contributed by atoms with van der Waals surface area (Å²) in [5, 5.41) is 3.73. The molecule has 1 heterocycles. The van der Waals surface area contributed by atoms with Crippen LogP contribution in [0.5, 0.6) is 0 Å². The molecule has 2 nitrogen and oxygen atoms in total. The minimum atomic E-state index is 0.394. The van der Waals surface area contributed by atoms with Gasteiger partial charge in [0.2, 0.25) is 0 Å². The predicted octanol–water partition coefficient (Wildman–Crippen LogP) is 3.21. The van der Waals surface area contributed by atoms with E-state index in [1.54, 1.807) is 0 Å². The lowest BCUT2D eigenvalue weighted by molar-refractivity contribution is 0.0116. The fourth-order valence-electron chi connectivity index (χ4n) is 2.67. The van der Waals surface area contributed by atoms with Crippen LogP contribution in [0.4, 0.5) is 0 Å². The molecule has 2 unspecified atom stereocenters. The smallest absolute Gasteiger partial charge is 0.0561 e. The van der Waals surface area contributed by atoms with E-state index in [-0.39, 0.29) is 0 Å². The Balaban J connectivity index is 1.97. The van der Waals surface area contributed by atoms with Crippen molar-refractivity contribution < 1.29 is 4.74 Å². The number of nitrogens with one attached hydrogen (secondary N) is 1. The van der Waals surface area contributed by atoms with Gasteiger partial charge in [0, 0.05) is 18.7 Å². The van der Waals surface area contributed by atoms with Crippen LogP contribution >= 0.6 is 0 Å². The molecule has 1 aliphatic rings. The maximum Gasteiger partial charge on any atom is 0.0561 e. The molecule has 1 aromatic rings. The summed E-state index contributed by atoms with van der Waals surface area (Å²) in [6.07, 6.45) is 2.64. The third kappa shape index (κ3) is 3.30. The zero-order valence-corrected chi connectivity index (χ0v) is 11.1. The fourth-order valence-corrected chi connectivity index (χ4v) is 2.67. The highest BCUT2D eigenvalue weighted by atomic mass is 16.5. The molecular formula is C15H23NO. The number of hydrogen-bond acceptors (Lipinski definition) is 2. The van der Waals surface area contributed by atoms with E-state index in [9.17, 15) is 0 Å². The van der Waals surface area contributed by atoms with Crippen LogP contribution in [-0.4, -0.2) is 18.8 Å². The van der Waals surface area contributed by atoms with Gasteiger partial charge in [0.15, 0.2) is 0 Å². The third-order valence-electron chi connectivity index (χ3n) is 3.63. The van der Waals surface area contributed by atoms with Crippen LogP contribution in [0.3, 0.4) is 0 Å². The van der Waals surface area contributed by atoms with Crippen molar-refractivity contribution in [1.29, 1.82) is 0 Å². The quantitative estimate of drug-likeness (QED) is 0.865. The van der Waals surface area contributed by atoms with E-state index in [0.717, 1.165) is 19.4 Å². The van der Waals surface area contributed by atoms with Gasteiger partial charge in [-0.05, 0) is 44.7 Å². The topological polar surface area (TPSA) is 21.3 Å². The SMILES string of the molecule is Cc1ccccc1[C@@H](C)NC1CCOC(C)C1. The third-order valence-corrected chi connectivity index (χ3v) is 3.63. The molecule has 94 valence electrons. The summed E-state index contributed by atoms with van der Waals surface area (Å²) >= 11 is 0. The van der Waals surface area contributed by atoms with Crippen LogP contribution in [0, 0.1) is 6.92 Å². The molecule has 0 amide bonds. The Hall–Kier alpha value is -0.860. The maximum absolute atomic E-state index is 5.58. The summed E-state index contributed by atoms with van der Waals surface area (Å²) in [5.41, 5.74) is 2.78. The molecular weight excluding hydrogens is 210 g/mol. The summed E-state index contributed by atoms with van der Waals surface area (Å²) in [5.74, 6) is 0. The van der Waals surface area contributed by atoms with E-state index in [0.29, 0.717) is 18.2 Å². The summed E-state index contributed by atoms with van der Waals surface area (Å²) in [6.45, 7) is 7.48. The van der Waals surface area contributed by atoms with E-state index < -0.39 is 0 Å². The van der Waals surface area contributed by atoms with Crippen LogP contribution < -0.4 is 5.32 Å². The standard InChI is InChI=1S/C15H23NO/c1-11-6-4-5-7-15(11)13(3)16-14-8-9-17-12(2)10-14/h4-7,12-14,16H,8-10H2,1-3H3/t12?,13-,14?/m1/s1. The Morgan fingerprint density at radius 2 is 2.12 bits per heavy atom. The largest absolute Gasteiger partial charge is 0.378 e. The second kappa shape index (κ2) is 5.65. The van der Waals surface area contributed by atoms with Crippen LogP contribution in [-0.2, 0) is 4.74 Å². The van der Waals surface area contributed by atoms with Gasteiger partial charge in [0.05, 0.1) is 6.10 Å². The Labute approximate surface area is 104 Å². The molecule has 1 aliphatic heterocycles. The normalized spacial score (nSPS) is 26.8. The lowest BCUT2D eigenvalue weighted by Gasteiger charge is -2.31. The highest BCUT2D eigenvalue weighted by Crippen LogP contribution is 2.21. The Morgan fingerprint density at radius 3 is 2.82 bits per heavy atom. The number of rotatable bonds is 3. The summed E-state index contributed by atoms with van der Waals surface area (Å²) in [4.78, 5) is 0. The zero-order valence-electron chi connectivity index (χ0n) is 11.1. The molecule has 17 heavy (non-hydrogen) atoms. The average molecular weight is 233 g/mol. The first-order valence-corrected chi connectivity index (χ1v) is 6.60. The van der Waals surface area contributed by atoms with Crippen molar-refractivity contribution >= 4 is 0 Å². The minimum Gasteiger partial charge on any atom is -0.378 e. The van der Waals surface area contributed by atoms with Gasteiger partial charge in [-0.3, -0.25) is 0 Å². The van der Waals surface area contributed by atoms with Gasteiger partial charge in [-0.15, -0.1) is 0 Å². The molecule has 0 saturated carbocycles. The highest BCUT2D eigenvalue weighted by molar-refractivity contribution is 5.28. The lowest BCUT2D eigenvalue weighted by atomic mass is 9.99. The lowest BCUT2D eigenvalue weighted by Crippen LogP contribution is -2.39.